The van der Waals surface area contributed by atoms with Crippen LogP contribution in [-0.2, 0) is 11.3 Å². The highest BCUT2D eigenvalue weighted by atomic mass is 16.5. The molecule has 7 heteroatoms. The van der Waals surface area contributed by atoms with E-state index in [1.165, 1.54) is 11.1 Å². The summed E-state index contributed by atoms with van der Waals surface area (Å²) in [5.74, 6) is 1.44. The monoisotopic (exact) mass is 416 g/mol. The molecule has 166 valence electrons. The molecule has 0 saturated carbocycles. The Morgan fingerprint density at radius 2 is 1.73 bits per heavy atom. The Hall–Kier alpha value is -2.30. The highest BCUT2D eigenvalue weighted by molar-refractivity contribution is 5.82. The van der Waals surface area contributed by atoms with Crippen LogP contribution in [0, 0.1) is 24.2 Å². The summed E-state index contributed by atoms with van der Waals surface area (Å²) in [6, 6.07) is 6.04. The van der Waals surface area contributed by atoms with E-state index >= 15 is 0 Å². The third-order valence-corrected chi connectivity index (χ3v) is 6.34. The van der Waals surface area contributed by atoms with E-state index in [1.54, 1.807) is 21.1 Å². The zero-order chi connectivity index (χ0) is 22.5. The summed E-state index contributed by atoms with van der Waals surface area (Å²) in [5, 5.41) is 12.4. The van der Waals surface area contributed by atoms with Gasteiger partial charge in [0.2, 0.25) is 5.91 Å². The van der Waals surface area contributed by atoms with Crippen LogP contribution in [0.15, 0.2) is 12.1 Å². The van der Waals surface area contributed by atoms with Crippen LogP contribution in [0.25, 0.3) is 0 Å². The van der Waals surface area contributed by atoms with Crippen LogP contribution in [0.1, 0.15) is 38.8 Å². The standard InChI is InChI=1S/C23H36N4O3/c1-16(2)23(5,15-24)25-22(28)18(4)27-10-8-26(9-11-27)14-19-13-21(30-7)20(29-6)12-17(19)3/h12-13,16,18H,8-11,14H2,1-7H3,(H,25,28)/t18-,23+/m0/s1. The quantitative estimate of drug-likeness (QED) is 0.702. The molecule has 0 aliphatic carbocycles. The van der Waals surface area contributed by atoms with Gasteiger partial charge in [-0.05, 0) is 49.9 Å². The van der Waals surface area contributed by atoms with Crippen molar-refractivity contribution >= 4 is 5.91 Å². The number of carbonyl (C=O) groups excluding carboxylic acids is 1. The minimum atomic E-state index is -0.849. The number of ether oxygens (including phenoxy) is 2. The van der Waals surface area contributed by atoms with Crippen LogP contribution < -0.4 is 14.8 Å². The maximum atomic E-state index is 12.7. The first-order valence-electron chi connectivity index (χ1n) is 10.6. The van der Waals surface area contributed by atoms with Crippen LogP contribution in [0.3, 0.4) is 0 Å². The summed E-state index contributed by atoms with van der Waals surface area (Å²) in [7, 11) is 3.30. The average molecular weight is 417 g/mol. The molecule has 0 spiro atoms. The van der Waals surface area contributed by atoms with Gasteiger partial charge in [-0.25, -0.2) is 0 Å². The third kappa shape index (κ3) is 5.44. The molecule has 0 radical (unpaired) electrons. The Kier molecular flexibility index (Phi) is 8.10. The number of hydrogen-bond acceptors (Lipinski definition) is 6. The minimum Gasteiger partial charge on any atom is -0.493 e. The van der Waals surface area contributed by atoms with Gasteiger partial charge >= 0.3 is 0 Å². The molecule has 2 rings (SSSR count). The van der Waals surface area contributed by atoms with Gasteiger partial charge in [-0.1, -0.05) is 13.8 Å². The van der Waals surface area contributed by atoms with Gasteiger partial charge in [-0.2, -0.15) is 5.26 Å². The topological polar surface area (TPSA) is 77.8 Å². The van der Waals surface area contributed by atoms with Crippen molar-refractivity contribution in [2.45, 2.75) is 52.7 Å². The van der Waals surface area contributed by atoms with E-state index in [0.29, 0.717) is 0 Å². The van der Waals surface area contributed by atoms with Gasteiger partial charge in [0.05, 0.1) is 26.3 Å². The number of aryl methyl sites for hydroxylation is 1. The van der Waals surface area contributed by atoms with Gasteiger partial charge in [-0.3, -0.25) is 14.6 Å². The van der Waals surface area contributed by atoms with E-state index in [9.17, 15) is 10.1 Å². The Morgan fingerprint density at radius 1 is 1.17 bits per heavy atom. The molecule has 1 aliphatic heterocycles. The second kappa shape index (κ2) is 10.1. The lowest BCUT2D eigenvalue weighted by molar-refractivity contribution is -0.128. The second-order valence-electron chi connectivity index (χ2n) is 8.58. The average Bonchev–Trinajstić information content (AvgIpc) is 2.74. The zero-order valence-electron chi connectivity index (χ0n) is 19.4. The number of piperazine rings is 1. The van der Waals surface area contributed by atoms with Crippen molar-refractivity contribution in [3.63, 3.8) is 0 Å². The third-order valence-electron chi connectivity index (χ3n) is 6.34. The molecule has 1 fully saturated rings. The van der Waals surface area contributed by atoms with E-state index in [2.05, 4.69) is 28.1 Å². The van der Waals surface area contributed by atoms with E-state index in [-0.39, 0.29) is 17.9 Å². The number of nitrogens with one attached hydrogen (secondary N) is 1. The van der Waals surface area contributed by atoms with Crippen molar-refractivity contribution < 1.29 is 14.3 Å². The Bertz CT molecular complexity index is 781. The summed E-state index contributed by atoms with van der Waals surface area (Å²) in [6.07, 6.45) is 0. The normalized spacial score (nSPS) is 18.4. The molecule has 7 nitrogen and oxygen atoms in total. The number of carbonyl (C=O) groups is 1. The maximum absolute atomic E-state index is 12.7. The second-order valence-corrected chi connectivity index (χ2v) is 8.58. The molecule has 1 heterocycles. The van der Waals surface area contributed by atoms with Gasteiger partial charge in [0.1, 0.15) is 5.54 Å². The number of methoxy groups -OCH3 is 2. The highest BCUT2D eigenvalue weighted by Crippen LogP contribution is 2.31. The molecular formula is C23H36N4O3. The van der Waals surface area contributed by atoms with Crippen molar-refractivity contribution in [1.82, 2.24) is 15.1 Å². The molecule has 1 N–H and O–H groups in total. The molecule has 2 atom stereocenters. The molecule has 0 bridgehead atoms. The molecule has 30 heavy (non-hydrogen) atoms. The van der Waals surface area contributed by atoms with Crippen molar-refractivity contribution in [2.24, 2.45) is 5.92 Å². The molecule has 1 saturated heterocycles. The Balaban J connectivity index is 1.95. The SMILES string of the molecule is COc1cc(C)c(CN2CCN([C@@H](C)C(=O)N[C@](C)(C#N)C(C)C)CC2)cc1OC. The number of nitrogens with zero attached hydrogens (tertiary/aromatic N) is 3. The van der Waals surface area contributed by atoms with Crippen LogP contribution >= 0.6 is 0 Å². The summed E-state index contributed by atoms with van der Waals surface area (Å²) < 4.78 is 10.8. The smallest absolute Gasteiger partial charge is 0.238 e. The summed E-state index contributed by atoms with van der Waals surface area (Å²) >= 11 is 0. The van der Waals surface area contributed by atoms with Crippen molar-refractivity contribution in [3.8, 4) is 17.6 Å². The summed E-state index contributed by atoms with van der Waals surface area (Å²) in [5.41, 5.74) is 1.54. The zero-order valence-corrected chi connectivity index (χ0v) is 19.4. The minimum absolute atomic E-state index is 0.0419. The van der Waals surface area contributed by atoms with Crippen LogP contribution in [-0.4, -0.2) is 67.7 Å². The van der Waals surface area contributed by atoms with Crippen molar-refractivity contribution in [1.29, 1.82) is 5.26 Å². The van der Waals surface area contributed by atoms with Crippen molar-refractivity contribution in [3.05, 3.63) is 23.3 Å². The Morgan fingerprint density at radius 3 is 2.23 bits per heavy atom. The molecular weight excluding hydrogens is 380 g/mol. The van der Waals surface area contributed by atoms with Gasteiger partial charge < -0.3 is 14.8 Å². The predicted molar refractivity (Wildman–Crippen MR) is 118 cm³/mol. The van der Waals surface area contributed by atoms with Gasteiger partial charge in [0.25, 0.3) is 0 Å². The van der Waals surface area contributed by atoms with E-state index in [0.717, 1.165) is 44.2 Å². The molecule has 1 amide bonds. The van der Waals surface area contributed by atoms with Gasteiger partial charge in [-0.15, -0.1) is 0 Å². The van der Waals surface area contributed by atoms with E-state index in [1.807, 2.05) is 32.9 Å². The Labute approximate surface area is 180 Å². The predicted octanol–water partition coefficient (Wildman–Crippen LogP) is 2.57. The molecule has 0 aromatic heterocycles. The lowest BCUT2D eigenvalue weighted by Gasteiger charge is -2.38. The van der Waals surface area contributed by atoms with E-state index < -0.39 is 5.54 Å². The molecule has 0 unspecified atom stereocenters. The number of benzene rings is 1. The summed E-state index contributed by atoms with van der Waals surface area (Å²) in [4.78, 5) is 17.3. The van der Waals surface area contributed by atoms with Gasteiger partial charge in [0, 0.05) is 32.7 Å². The first kappa shape index (κ1) is 24.0. The number of rotatable bonds is 8. The van der Waals surface area contributed by atoms with Crippen molar-refractivity contribution in [2.75, 3.05) is 40.4 Å². The lowest BCUT2D eigenvalue weighted by Crippen LogP contribution is -2.58. The first-order chi connectivity index (χ1) is 14.1. The number of nitriles is 1. The van der Waals surface area contributed by atoms with Crippen LogP contribution in [0.5, 0.6) is 11.5 Å². The molecule has 1 aliphatic rings. The van der Waals surface area contributed by atoms with Gasteiger partial charge in [0.15, 0.2) is 11.5 Å². The fraction of sp³-hybridized carbons (Fsp3) is 0.652. The molecule has 1 aromatic carbocycles. The van der Waals surface area contributed by atoms with E-state index in [4.69, 9.17) is 9.47 Å². The summed E-state index contributed by atoms with van der Waals surface area (Å²) in [6.45, 7) is 13.9. The van der Waals surface area contributed by atoms with Crippen LogP contribution in [0.4, 0.5) is 0 Å². The maximum Gasteiger partial charge on any atom is 0.238 e. The highest BCUT2D eigenvalue weighted by Gasteiger charge is 2.34. The first-order valence-corrected chi connectivity index (χ1v) is 10.6. The fourth-order valence-electron chi connectivity index (χ4n) is 3.57. The largest absolute Gasteiger partial charge is 0.493 e. The molecule has 1 aromatic rings. The van der Waals surface area contributed by atoms with Crippen LogP contribution in [0.2, 0.25) is 0 Å². The number of amides is 1. The number of hydrogen-bond donors (Lipinski definition) is 1. The lowest BCUT2D eigenvalue weighted by atomic mass is 9.89. The fourth-order valence-corrected chi connectivity index (χ4v) is 3.57.